The molecule has 2 N–H and O–H groups in total. The summed E-state index contributed by atoms with van der Waals surface area (Å²) in [6, 6.07) is 5.53. The van der Waals surface area contributed by atoms with Gasteiger partial charge >= 0.3 is 18.0 Å². The standard InChI is InChI=1S/C17H20N2O5/c1-9(2)23-16(21)14-10(3)18-17(22)19-15(14)12-5-7-13(8-6-12)24-11(4)20/h5-9,15H,1-4H3,(H2,18,19,22)/t15-/m0/s1. The quantitative estimate of drug-likeness (QED) is 0.651. The van der Waals surface area contributed by atoms with Crippen molar-refractivity contribution in [1.82, 2.24) is 10.6 Å². The summed E-state index contributed by atoms with van der Waals surface area (Å²) >= 11 is 0. The Morgan fingerprint density at radius 1 is 1.17 bits per heavy atom. The Morgan fingerprint density at radius 2 is 1.79 bits per heavy atom. The van der Waals surface area contributed by atoms with Crippen molar-refractivity contribution in [2.45, 2.75) is 39.8 Å². The van der Waals surface area contributed by atoms with Crippen molar-refractivity contribution in [2.24, 2.45) is 0 Å². The largest absolute Gasteiger partial charge is 0.459 e. The highest BCUT2D eigenvalue weighted by Gasteiger charge is 2.32. The lowest BCUT2D eigenvalue weighted by Crippen LogP contribution is -2.45. The van der Waals surface area contributed by atoms with E-state index in [0.717, 1.165) is 0 Å². The van der Waals surface area contributed by atoms with Crippen LogP contribution < -0.4 is 15.4 Å². The van der Waals surface area contributed by atoms with E-state index in [0.29, 0.717) is 22.6 Å². The zero-order valence-electron chi connectivity index (χ0n) is 14.0. The summed E-state index contributed by atoms with van der Waals surface area (Å²) in [5, 5.41) is 5.29. The smallest absolute Gasteiger partial charge is 0.338 e. The average molecular weight is 332 g/mol. The van der Waals surface area contributed by atoms with E-state index in [2.05, 4.69) is 10.6 Å². The first-order chi connectivity index (χ1) is 11.3. The predicted molar refractivity (Wildman–Crippen MR) is 86.1 cm³/mol. The molecule has 0 spiro atoms. The normalized spacial score (nSPS) is 17.2. The molecule has 1 aromatic carbocycles. The van der Waals surface area contributed by atoms with Crippen molar-refractivity contribution in [1.29, 1.82) is 0 Å². The molecule has 24 heavy (non-hydrogen) atoms. The molecule has 0 aromatic heterocycles. The Labute approximate surface area is 140 Å². The van der Waals surface area contributed by atoms with E-state index in [-0.39, 0.29) is 6.10 Å². The van der Waals surface area contributed by atoms with Crippen LogP contribution in [0.25, 0.3) is 0 Å². The molecule has 1 heterocycles. The number of carbonyl (C=O) groups is 3. The van der Waals surface area contributed by atoms with E-state index in [1.807, 2.05) is 0 Å². The minimum Gasteiger partial charge on any atom is -0.459 e. The molecule has 1 aliphatic heterocycles. The maximum atomic E-state index is 12.4. The van der Waals surface area contributed by atoms with Gasteiger partial charge in [0.15, 0.2) is 0 Å². The zero-order chi connectivity index (χ0) is 17.9. The first-order valence-electron chi connectivity index (χ1n) is 7.55. The number of carbonyl (C=O) groups excluding carboxylic acids is 3. The summed E-state index contributed by atoms with van der Waals surface area (Å²) in [5.74, 6) is -0.530. The van der Waals surface area contributed by atoms with Gasteiger partial charge in [0, 0.05) is 12.6 Å². The Hall–Kier alpha value is -2.83. The van der Waals surface area contributed by atoms with E-state index in [1.54, 1.807) is 45.0 Å². The third-order valence-corrected chi connectivity index (χ3v) is 3.31. The molecule has 7 heteroatoms. The van der Waals surface area contributed by atoms with Crippen LogP contribution in [0.3, 0.4) is 0 Å². The van der Waals surface area contributed by atoms with Crippen LogP contribution in [0.5, 0.6) is 5.75 Å². The van der Waals surface area contributed by atoms with Crippen LogP contribution in [-0.4, -0.2) is 24.1 Å². The van der Waals surface area contributed by atoms with Crippen molar-refractivity contribution < 1.29 is 23.9 Å². The summed E-state index contributed by atoms with van der Waals surface area (Å²) < 4.78 is 10.2. The van der Waals surface area contributed by atoms with Gasteiger partial charge in [-0.25, -0.2) is 9.59 Å². The van der Waals surface area contributed by atoms with Crippen LogP contribution in [0.4, 0.5) is 4.79 Å². The molecule has 1 atom stereocenters. The molecule has 2 rings (SSSR count). The average Bonchev–Trinajstić information content (AvgIpc) is 2.45. The summed E-state index contributed by atoms with van der Waals surface area (Å²) in [4.78, 5) is 35.1. The molecule has 0 saturated carbocycles. The second-order valence-electron chi connectivity index (χ2n) is 5.69. The topological polar surface area (TPSA) is 93.7 Å². The van der Waals surface area contributed by atoms with E-state index in [9.17, 15) is 14.4 Å². The van der Waals surface area contributed by atoms with E-state index in [4.69, 9.17) is 9.47 Å². The van der Waals surface area contributed by atoms with Crippen molar-refractivity contribution in [2.75, 3.05) is 0 Å². The number of amides is 2. The zero-order valence-corrected chi connectivity index (χ0v) is 14.0. The monoisotopic (exact) mass is 332 g/mol. The Balaban J connectivity index is 2.34. The molecular weight excluding hydrogens is 312 g/mol. The highest BCUT2D eigenvalue weighted by Crippen LogP contribution is 2.29. The first kappa shape index (κ1) is 17.5. The number of benzene rings is 1. The van der Waals surface area contributed by atoms with Gasteiger partial charge in [-0.2, -0.15) is 0 Å². The lowest BCUT2D eigenvalue weighted by Gasteiger charge is -2.28. The Bertz CT molecular complexity index is 691. The third-order valence-electron chi connectivity index (χ3n) is 3.31. The van der Waals surface area contributed by atoms with Gasteiger partial charge < -0.3 is 20.1 Å². The molecule has 0 fully saturated rings. The summed E-state index contributed by atoms with van der Waals surface area (Å²) in [5.41, 5.74) is 1.46. The minimum atomic E-state index is -0.642. The predicted octanol–water partition coefficient (Wildman–Crippen LogP) is 2.19. The number of nitrogens with one attached hydrogen (secondary N) is 2. The second-order valence-corrected chi connectivity index (χ2v) is 5.69. The summed E-state index contributed by atoms with van der Waals surface area (Å²) in [6.45, 7) is 6.47. The van der Waals surface area contributed by atoms with Crippen LogP contribution in [0, 0.1) is 0 Å². The van der Waals surface area contributed by atoms with Gasteiger partial charge in [0.05, 0.1) is 17.7 Å². The highest BCUT2D eigenvalue weighted by atomic mass is 16.5. The molecule has 1 aromatic rings. The maximum absolute atomic E-state index is 12.4. The van der Waals surface area contributed by atoms with Crippen molar-refractivity contribution in [3.05, 3.63) is 41.1 Å². The van der Waals surface area contributed by atoms with Gasteiger partial charge in [-0.3, -0.25) is 4.79 Å². The fourth-order valence-corrected chi connectivity index (χ4v) is 2.39. The van der Waals surface area contributed by atoms with Crippen LogP contribution in [0.2, 0.25) is 0 Å². The molecule has 0 bridgehead atoms. The van der Waals surface area contributed by atoms with Crippen molar-refractivity contribution in [3.8, 4) is 5.75 Å². The molecule has 0 radical (unpaired) electrons. The maximum Gasteiger partial charge on any atom is 0.338 e. The minimum absolute atomic E-state index is 0.276. The third kappa shape index (κ3) is 4.13. The lowest BCUT2D eigenvalue weighted by molar-refractivity contribution is -0.143. The number of hydrogen-bond acceptors (Lipinski definition) is 5. The molecule has 2 amide bonds. The molecule has 128 valence electrons. The Morgan fingerprint density at radius 3 is 2.33 bits per heavy atom. The highest BCUT2D eigenvalue weighted by molar-refractivity contribution is 5.95. The van der Waals surface area contributed by atoms with Gasteiger partial charge in [0.25, 0.3) is 0 Å². The lowest BCUT2D eigenvalue weighted by atomic mass is 9.95. The van der Waals surface area contributed by atoms with E-state index < -0.39 is 24.0 Å². The van der Waals surface area contributed by atoms with Crippen LogP contribution in [0.15, 0.2) is 35.5 Å². The Kier molecular flexibility index (Phi) is 5.23. The van der Waals surface area contributed by atoms with Gasteiger partial charge in [0.1, 0.15) is 5.75 Å². The van der Waals surface area contributed by atoms with Gasteiger partial charge in [0.2, 0.25) is 0 Å². The molecule has 1 aliphatic rings. The van der Waals surface area contributed by atoms with Crippen LogP contribution >= 0.6 is 0 Å². The fourth-order valence-electron chi connectivity index (χ4n) is 2.39. The number of ether oxygens (including phenoxy) is 2. The number of esters is 2. The van der Waals surface area contributed by atoms with E-state index in [1.165, 1.54) is 6.92 Å². The molecular formula is C17H20N2O5. The molecule has 0 aliphatic carbocycles. The van der Waals surface area contributed by atoms with Crippen molar-refractivity contribution in [3.63, 3.8) is 0 Å². The molecule has 7 nitrogen and oxygen atoms in total. The first-order valence-corrected chi connectivity index (χ1v) is 7.55. The number of urea groups is 1. The second kappa shape index (κ2) is 7.16. The van der Waals surface area contributed by atoms with Crippen LogP contribution in [0.1, 0.15) is 39.3 Å². The summed E-state index contributed by atoms with van der Waals surface area (Å²) in [7, 11) is 0. The van der Waals surface area contributed by atoms with E-state index >= 15 is 0 Å². The SMILES string of the molecule is CC(=O)Oc1ccc([C@@H]2NC(=O)NC(C)=C2C(=O)OC(C)C)cc1. The van der Waals surface area contributed by atoms with Crippen molar-refractivity contribution >= 4 is 18.0 Å². The van der Waals surface area contributed by atoms with Gasteiger partial charge in [-0.15, -0.1) is 0 Å². The molecule has 0 saturated heterocycles. The number of allylic oxidation sites excluding steroid dienone is 1. The number of hydrogen-bond donors (Lipinski definition) is 2. The summed E-state index contributed by atoms with van der Waals surface area (Å²) in [6.07, 6.45) is -0.276. The molecule has 0 unspecified atom stereocenters. The number of rotatable bonds is 4. The fraction of sp³-hybridized carbons (Fsp3) is 0.353. The van der Waals surface area contributed by atoms with Gasteiger partial charge in [-0.1, -0.05) is 12.1 Å². The van der Waals surface area contributed by atoms with Crippen LogP contribution in [-0.2, 0) is 14.3 Å². The van der Waals surface area contributed by atoms with Gasteiger partial charge in [-0.05, 0) is 38.5 Å².